The van der Waals surface area contributed by atoms with Crippen LogP contribution in [0.15, 0.2) is 84.9 Å². The Morgan fingerprint density at radius 2 is 1.48 bits per heavy atom. The Morgan fingerprint density at radius 3 is 2.02 bits per heavy atom. The molecule has 0 spiro atoms. The van der Waals surface area contributed by atoms with Crippen LogP contribution in [0.25, 0.3) is 0 Å². The molecule has 1 unspecified atom stereocenters. The third-order valence-electron chi connectivity index (χ3n) is 6.82. The predicted octanol–water partition coefficient (Wildman–Crippen LogP) is 7.77. The van der Waals surface area contributed by atoms with E-state index in [2.05, 4.69) is 4.74 Å². The first-order valence-corrected chi connectivity index (χ1v) is 12.5. The van der Waals surface area contributed by atoms with Crippen molar-refractivity contribution in [1.82, 2.24) is 0 Å². The van der Waals surface area contributed by atoms with Crippen molar-refractivity contribution in [3.63, 3.8) is 0 Å². The molecule has 2 N–H and O–H groups in total. The van der Waals surface area contributed by atoms with Gasteiger partial charge in [0.25, 0.3) is 0 Å². The first-order valence-electron chi connectivity index (χ1n) is 12.5. The van der Waals surface area contributed by atoms with Crippen LogP contribution < -0.4 is 10.5 Å². The van der Waals surface area contributed by atoms with E-state index in [1.165, 1.54) is 36.4 Å². The van der Waals surface area contributed by atoms with Gasteiger partial charge in [-0.3, -0.25) is 4.79 Å². The van der Waals surface area contributed by atoms with Gasteiger partial charge in [-0.25, -0.2) is 8.78 Å². The van der Waals surface area contributed by atoms with Crippen LogP contribution in [0, 0.1) is 23.0 Å². The summed E-state index contributed by atoms with van der Waals surface area (Å²) in [5, 5.41) is 9.32. The largest absolute Gasteiger partial charge is 0.461 e. The fraction of sp³-hybridized carbons (Fsp3) is 0.161. The molecule has 0 aliphatic rings. The van der Waals surface area contributed by atoms with Crippen molar-refractivity contribution >= 4 is 5.91 Å². The summed E-state index contributed by atoms with van der Waals surface area (Å²) in [7, 11) is 0. The van der Waals surface area contributed by atoms with E-state index in [-0.39, 0.29) is 16.7 Å². The van der Waals surface area contributed by atoms with Crippen molar-refractivity contribution in [2.75, 3.05) is 0 Å². The molecular weight excluding hydrogens is 603 g/mol. The highest BCUT2D eigenvalue weighted by Gasteiger charge is 2.49. The maximum absolute atomic E-state index is 15.3. The molecule has 1 atom stereocenters. The van der Waals surface area contributed by atoms with Gasteiger partial charge in [0.05, 0.1) is 22.6 Å². The molecule has 0 heterocycles. The number of ether oxygens (including phenoxy) is 1. The summed E-state index contributed by atoms with van der Waals surface area (Å²) in [6, 6.07) is 16.5. The Kier molecular flexibility index (Phi) is 8.67. The van der Waals surface area contributed by atoms with Gasteiger partial charge < -0.3 is 10.5 Å². The third-order valence-corrected chi connectivity index (χ3v) is 6.82. The maximum Gasteiger partial charge on any atom is 0.461 e. The average Bonchev–Trinajstić information content (AvgIpc) is 2.95. The smallest absolute Gasteiger partial charge is 0.428 e. The molecule has 4 aromatic carbocycles. The van der Waals surface area contributed by atoms with Crippen LogP contribution in [-0.2, 0) is 18.0 Å². The van der Waals surface area contributed by atoms with Gasteiger partial charge in [-0.15, -0.1) is 0 Å². The second-order valence-corrected chi connectivity index (χ2v) is 9.60. The third kappa shape index (κ3) is 6.20. The van der Waals surface area contributed by atoms with Crippen molar-refractivity contribution in [3.8, 4) is 11.8 Å². The van der Waals surface area contributed by atoms with Crippen LogP contribution in [0.2, 0.25) is 0 Å². The van der Waals surface area contributed by atoms with E-state index >= 15 is 8.78 Å². The lowest BCUT2D eigenvalue weighted by Gasteiger charge is -2.39. The Hall–Kier alpha value is -4.99. The van der Waals surface area contributed by atoms with Gasteiger partial charge in [0.2, 0.25) is 5.91 Å². The summed E-state index contributed by atoms with van der Waals surface area (Å²) < 4.78 is 133. The molecule has 13 heteroatoms. The zero-order valence-electron chi connectivity index (χ0n) is 22.1. The number of hydrogen-bond donors (Lipinski definition) is 1. The van der Waals surface area contributed by atoms with Crippen molar-refractivity contribution in [1.29, 1.82) is 5.26 Å². The molecule has 44 heavy (non-hydrogen) atoms. The van der Waals surface area contributed by atoms with E-state index in [9.17, 15) is 40.8 Å². The molecule has 4 nitrogen and oxygen atoms in total. The Morgan fingerprint density at radius 1 is 0.841 bits per heavy atom. The number of nitriles is 1. The molecule has 0 aliphatic heterocycles. The zero-order valence-corrected chi connectivity index (χ0v) is 22.1. The first kappa shape index (κ1) is 31.9. The lowest BCUT2D eigenvalue weighted by Crippen LogP contribution is -2.38. The minimum atomic E-state index is -5.51. The number of nitrogens with zero attached hydrogens (tertiary/aromatic N) is 1. The van der Waals surface area contributed by atoms with E-state index in [0.717, 1.165) is 12.1 Å². The normalized spacial score (nSPS) is 13.3. The zero-order chi connectivity index (χ0) is 32.4. The highest BCUT2D eigenvalue weighted by Crippen LogP contribution is 2.50. The Balaban J connectivity index is 2.26. The van der Waals surface area contributed by atoms with Crippen LogP contribution in [0.1, 0.15) is 43.7 Å². The fourth-order valence-electron chi connectivity index (χ4n) is 5.05. The monoisotopic (exact) mass is 622 g/mol. The molecule has 0 radical (unpaired) electrons. The predicted molar refractivity (Wildman–Crippen MR) is 139 cm³/mol. The number of amides is 1. The van der Waals surface area contributed by atoms with Gasteiger partial charge in [-0.1, -0.05) is 42.5 Å². The summed E-state index contributed by atoms with van der Waals surface area (Å²) in [6.45, 7) is 0. The first-order chi connectivity index (χ1) is 20.6. The molecule has 4 aromatic rings. The molecule has 0 saturated carbocycles. The summed E-state index contributed by atoms with van der Waals surface area (Å²) >= 11 is 0. The molecule has 0 aromatic heterocycles. The van der Waals surface area contributed by atoms with Crippen LogP contribution in [-0.4, -0.2) is 18.4 Å². The number of nitrogens with two attached hydrogens (primary N) is 1. The topological polar surface area (TPSA) is 76.1 Å². The van der Waals surface area contributed by atoms with E-state index < -0.39 is 76.1 Å². The lowest BCUT2D eigenvalue weighted by molar-refractivity contribution is -0.253. The summed E-state index contributed by atoms with van der Waals surface area (Å²) in [6.07, 6.45) is -15.6. The summed E-state index contributed by atoms with van der Waals surface area (Å²) in [5.41, 5.74) is -1.51. The van der Waals surface area contributed by atoms with Crippen LogP contribution in [0.5, 0.6) is 5.75 Å². The SMILES string of the molecule is N#Cc1ccc(C(Cc2ccccc2)(c2cc(F)cc(OC(F)(F)C(F)F)c2)c2c(C(N)=O)ccc(F)c2C(F)(F)F)cc1. The molecular formula is C31H19F9N2O2. The second kappa shape index (κ2) is 11.9. The van der Waals surface area contributed by atoms with Crippen molar-refractivity contribution < 1.29 is 49.0 Å². The number of rotatable bonds is 9. The van der Waals surface area contributed by atoms with Gasteiger partial charge in [0.15, 0.2) is 0 Å². The summed E-state index contributed by atoms with van der Waals surface area (Å²) in [4.78, 5) is 12.7. The van der Waals surface area contributed by atoms with Crippen molar-refractivity contribution in [2.24, 2.45) is 5.73 Å². The van der Waals surface area contributed by atoms with E-state index in [1.807, 2.05) is 6.07 Å². The number of carbonyl (C=O) groups excluding carboxylic acids is 1. The van der Waals surface area contributed by atoms with Crippen molar-refractivity contribution in [2.45, 2.75) is 30.5 Å². The van der Waals surface area contributed by atoms with Gasteiger partial charge in [-0.05, 0) is 65.1 Å². The van der Waals surface area contributed by atoms with Crippen LogP contribution in [0.4, 0.5) is 39.5 Å². The Bertz CT molecular complexity index is 1720. The number of primary amides is 1. The van der Waals surface area contributed by atoms with E-state index in [0.29, 0.717) is 30.3 Å². The average molecular weight is 622 g/mol. The number of hydrogen-bond acceptors (Lipinski definition) is 3. The highest BCUT2D eigenvalue weighted by atomic mass is 19.4. The van der Waals surface area contributed by atoms with Crippen LogP contribution in [0.3, 0.4) is 0 Å². The second-order valence-electron chi connectivity index (χ2n) is 9.60. The highest BCUT2D eigenvalue weighted by molar-refractivity contribution is 5.96. The number of alkyl halides is 7. The van der Waals surface area contributed by atoms with E-state index in [4.69, 9.17) is 5.73 Å². The standard InChI is InChI=1S/C31H19F9N2O2/c32-21-12-20(13-22(14-21)44-31(39,40)28(34)35)29(15-17-4-2-1-3-5-17,19-8-6-18(16-41)7-9-19)25-23(27(42)43)10-11-24(33)26(25)30(36,37)38/h1-14,28H,15H2,(H2,42,43). The number of benzene rings is 4. The van der Waals surface area contributed by atoms with Gasteiger partial charge in [0.1, 0.15) is 17.4 Å². The van der Waals surface area contributed by atoms with Gasteiger partial charge >= 0.3 is 18.7 Å². The molecule has 228 valence electrons. The van der Waals surface area contributed by atoms with Gasteiger partial charge in [0, 0.05) is 11.6 Å². The minimum absolute atomic E-state index is 0.0209. The minimum Gasteiger partial charge on any atom is -0.428 e. The fourth-order valence-corrected chi connectivity index (χ4v) is 5.05. The number of halogens is 9. The molecule has 0 fully saturated rings. The quantitative estimate of drug-likeness (QED) is 0.153. The van der Waals surface area contributed by atoms with Crippen molar-refractivity contribution in [3.05, 3.63) is 136 Å². The summed E-state index contributed by atoms with van der Waals surface area (Å²) in [5.74, 6) is -5.91. The molecule has 0 saturated heterocycles. The number of carbonyl (C=O) groups is 1. The molecule has 0 aliphatic carbocycles. The molecule has 0 bridgehead atoms. The lowest BCUT2D eigenvalue weighted by atomic mass is 9.63. The molecule has 1 amide bonds. The molecule has 4 rings (SSSR count). The Labute approximate surface area is 244 Å². The van der Waals surface area contributed by atoms with E-state index in [1.54, 1.807) is 6.07 Å². The van der Waals surface area contributed by atoms with Gasteiger partial charge in [-0.2, -0.15) is 36.0 Å². The van der Waals surface area contributed by atoms with Crippen LogP contribution >= 0.6 is 0 Å². The maximum atomic E-state index is 15.3.